The Morgan fingerprint density at radius 1 is 0.878 bits per heavy atom. The largest absolute Gasteiger partial charge is 0.497 e. The number of amides is 1. The summed E-state index contributed by atoms with van der Waals surface area (Å²) in [6.45, 7) is 0. The number of carbonyl (C=O) groups excluding carboxylic acids is 3. The maximum atomic E-state index is 14.8. The van der Waals surface area contributed by atoms with E-state index in [9.17, 15) is 14.4 Å². The van der Waals surface area contributed by atoms with Crippen LogP contribution in [0.4, 0.5) is 5.69 Å². The number of hydrogen-bond donors (Lipinski definition) is 1. The van der Waals surface area contributed by atoms with Crippen LogP contribution in [0.2, 0.25) is 5.02 Å². The number of rotatable bonds is 5. The molecule has 7 rings (SSSR count). The minimum Gasteiger partial charge on any atom is -0.497 e. The summed E-state index contributed by atoms with van der Waals surface area (Å²) in [5.41, 5.74) is 2.44. The molecule has 7 heteroatoms. The van der Waals surface area contributed by atoms with E-state index in [0.29, 0.717) is 22.6 Å². The van der Waals surface area contributed by atoms with E-state index in [0.717, 1.165) is 11.1 Å². The lowest BCUT2D eigenvalue weighted by atomic mass is 9.62. The number of anilines is 1. The van der Waals surface area contributed by atoms with Gasteiger partial charge in [0.1, 0.15) is 17.2 Å². The van der Waals surface area contributed by atoms with Crippen LogP contribution in [0.3, 0.4) is 0 Å². The molecule has 1 spiro atoms. The van der Waals surface area contributed by atoms with Gasteiger partial charge in [-0.1, -0.05) is 66.2 Å². The molecular weight excluding hydrogens is 536 g/mol. The van der Waals surface area contributed by atoms with Gasteiger partial charge in [0.05, 0.1) is 24.1 Å². The van der Waals surface area contributed by atoms with Crippen molar-refractivity contribution >= 4 is 40.8 Å². The van der Waals surface area contributed by atoms with Gasteiger partial charge in [-0.15, -0.1) is 0 Å². The van der Waals surface area contributed by atoms with Crippen LogP contribution in [0.1, 0.15) is 43.4 Å². The number of para-hydroxylation sites is 1. The molecule has 0 bridgehead atoms. The van der Waals surface area contributed by atoms with Gasteiger partial charge in [0.15, 0.2) is 11.6 Å². The molecule has 3 aliphatic rings. The van der Waals surface area contributed by atoms with E-state index in [2.05, 4.69) is 5.32 Å². The molecule has 1 fully saturated rings. The Bertz CT molecular complexity index is 1760. The lowest BCUT2D eigenvalue weighted by Crippen LogP contribution is -2.49. The molecule has 0 unspecified atom stereocenters. The molecule has 1 N–H and O–H groups in total. The summed E-state index contributed by atoms with van der Waals surface area (Å²) < 4.78 is 5.30. The number of ketones is 2. The molecule has 41 heavy (non-hydrogen) atoms. The van der Waals surface area contributed by atoms with Crippen LogP contribution >= 0.6 is 11.6 Å². The zero-order valence-electron chi connectivity index (χ0n) is 22.1. The van der Waals surface area contributed by atoms with Crippen molar-refractivity contribution in [2.24, 2.45) is 5.92 Å². The Balaban J connectivity index is 1.53. The summed E-state index contributed by atoms with van der Waals surface area (Å²) in [6, 6.07) is 27.3. The second-order valence-corrected chi connectivity index (χ2v) is 10.9. The third kappa shape index (κ3) is 3.54. The molecule has 1 amide bonds. The first-order valence-corrected chi connectivity index (χ1v) is 13.8. The third-order valence-electron chi connectivity index (χ3n) is 8.64. The van der Waals surface area contributed by atoms with Gasteiger partial charge in [0.2, 0.25) is 5.91 Å². The molecule has 6 nitrogen and oxygen atoms in total. The fourth-order valence-corrected chi connectivity index (χ4v) is 7.15. The fourth-order valence-electron chi connectivity index (χ4n) is 6.92. The number of nitrogens with one attached hydrogen (secondary N) is 1. The van der Waals surface area contributed by atoms with E-state index >= 15 is 0 Å². The van der Waals surface area contributed by atoms with Gasteiger partial charge in [0.25, 0.3) is 0 Å². The van der Waals surface area contributed by atoms with Gasteiger partial charge >= 0.3 is 0 Å². The summed E-state index contributed by atoms with van der Waals surface area (Å²) in [6.07, 6.45) is 3.80. The van der Waals surface area contributed by atoms with Gasteiger partial charge in [-0.25, -0.2) is 0 Å². The summed E-state index contributed by atoms with van der Waals surface area (Å²) >= 11 is 6.59. The van der Waals surface area contributed by atoms with Gasteiger partial charge in [-0.3, -0.25) is 14.4 Å². The molecular formula is C34H25ClN2O4. The monoisotopic (exact) mass is 560 g/mol. The molecule has 1 saturated heterocycles. The molecule has 3 heterocycles. The van der Waals surface area contributed by atoms with Crippen LogP contribution in [-0.2, 0) is 10.2 Å². The van der Waals surface area contributed by atoms with E-state index in [4.69, 9.17) is 16.3 Å². The number of nitrogens with zero attached hydrogens (tertiary/aromatic N) is 1. The molecule has 4 atom stereocenters. The highest BCUT2D eigenvalue weighted by Crippen LogP contribution is 2.62. The normalized spacial score (nSPS) is 23.5. The van der Waals surface area contributed by atoms with Crippen LogP contribution in [0, 0.1) is 5.92 Å². The second kappa shape index (κ2) is 9.46. The Morgan fingerprint density at radius 2 is 1.59 bits per heavy atom. The lowest BCUT2D eigenvalue weighted by Gasteiger charge is -2.38. The Labute approximate surface area is 242 Å². The van der Waals surface area contributed by atoms with E-state index in [-0.39, 0.29) is 28.1 Å². The molecule has 0 radical (unpaired) electrons. The molecule has 4 aromatic carbocycles. The van der Waals surface area contributed by atoms with Crippen LogP contribution in [-0.4, -0.2) is 35.5 Å². The average molecular weight is 561 g/mol. The number of halogens is 1. The van der Waals surface area contributed by atoms with E-state index < -0.39 is 23.4 Å². The van der Waals surface area contributed by atoms with Crippen LogP contribution < -0.4 is 10.1 Å². The zero-order valence-corrected chi connectivity index (χ0v) is 22.8. The highest BCUT2D eigenvalue weighted by molar-refractivity contribution is 6.34. The molecule has 0 saturated carbocycles. The predicted molar refractivity (Wildman–Crippen MR) is 157 cm³/mol. The quantitative estimate of drug-likeness (QED) is 0.289. The third-order valence-corrected chi connectivity index (χ3v) is 8.96. The summed E-state index contributed by atoms with van der Waals surface area (Å²) in [5.74, 6) is -1.40. The molecule has 3 aliphatic heterocycles. The van der Waals surface area contributed by atoms with Crippen molar-refractivity contribution in [2.45, 2.75) is 17.5 Å². The first-order valence-electron chi connectivity index (χ1n) is 13.4. The van der Waals surface area contributed by atoms with Crippen molar-refractivity contribution in [1.82, 2.24) is 4.90 Å². The van der Waals surface area contributed by atoms with Crippen molar-refractivity contribution in [3.05, 3.63) is 136 Å². The van der Waals surface area contributed by atoms with Crippen LogP contribution in [0.15, 0.2) is 103 Å². The van der Waals surface area contributed by atoms with Gasteiger partial charge < -0.3 is 15.0 Å². The highest BCUT2D eigenvalue weighted by Gasteiger charge is 2.70. The predicted octanol–water partition coefficient (Wildman–Crippen LogP) is 6.33. The van der Waals surface area contributed by atoms with E-state index in [1.54, 1.807) is 55.6 Å². The Kier molecular flexibility index (Phi) is 5.84. The minimum atomic E-state index is -1.40. The lowest BCUT2D eigenvalue weighted by molar-refractivity contribution is -0.122. The number of Topliss-reactive ketones (excluding diaryl/α,β-unsaturated/α-hetero) is 2. The van der Waals surface area contributed by atoms with Gasteiger partial charge in [-0.05, 0) is 65.2 Å². The first-order chi connectivity index (χ1) is 20.0. The van der Waals surface area contributed by atoms with Crippen molar-refractivity contribution in [2.75, 3.05) is 12.4 Å². The molecule has 0 aromatic heterocycles. The number of ether oxygens (including phenoxy) is 1. The SMILES string of the molecule is COc1ccc(C(=O)[C@H]2[C@H](C(=O)c3ccccc3Cl)[C@]3(C(=O)Nc4ccccc43)[C@H]3c4ccccc4C=CN23)cc1. The van der Waals surface area contributed by atoms with Crippen molar-refractivity contribution in [3.63, 3.8) is 0 Å². The van der Waals surface area contributed by atoms with Crippen molar-refractivity contribution in [3.8, 4) is 5.75 Å². The Hall–Kier alpha value is -4.68. The summed E-state index contributed by atoms with van der Waals surface area (Å²) in [4.78, 5) is 45.7. The van der Waals surface area contributed by atoms with Crippen LogP contribution in [0.5, 0.6) is 5.75 Å². The maximum Gasteiger partial charge on any atom is 0.238 e. The molecule has 0 aliphatic carbocycles. The Morgan fingerprint density at radius 3 is 2.37 bits per heavy atom. The van der Waals surface area contributed by atoms with Gasteiger partial charge in [0, 0.05) is 23.0 Å². The fraction of sp³-hybridized carbons (Fsp3) is 0.147. The average Bonchev–Trinajstić information content (AvgIpc) is 3.49. The van der Waals surface area contributed by atoms with Crippen molar-refractivity contribution in [1.29, 1.82) is 0 Å². The zero-order chi connectivity index (χ0) is 28.3. The summed E-state index contributed by atoms with van der Waals surface area (Å²) in [7, 11) is 1.56. The minimum absolute atomic E-state index is 0.263. The number of benzene rings is 4. The van der Waals surface area contributed by atoms with E-state index in [1.165, 1.54) is 0 Å². The number of fused-ring (bicyclic) bond motifs is 6. The number of carbonyl (C=O) groups is 3. The van der Waals surface area contributed by atoms with Crippen LogP contribution in [0.25, 0.3) is 6.08 Å². The number of methoxy groups -OCH3 is 1. The van der Waals surface area contributed by atoms with Crippen molar-refractivity contribution < 1.29 is 19.1 Å². The van der Waals surface area contributed by atoms with Gasteiger partial charge in [-0.2, -0.15) is 0 Å². The summed E-state index contributed by atoms with van der Waals surface area (Å²) in [5, 5.41) is 3.33. The topological polar surface area (TPSA) is 75.7 Å². The highest BCUT2D eigenvalue weighted by atomic mass is 35.5. The standard InChI is InChI=1S/C34H25ClN2O4/c1-41-22-16-14-21(15-17-22)30(38)29-28(31(39)24-10-4-6-12-26(24)35)34(25-11-5-7-13-27(25)36-33(34)40)32-23-9-3-2-8-20(23)18-19-37(29)32/h2-19,28-29,32H,1H3,(H,36,40)/t28-,29-,32-,34+/m1/s1. The smallest absolute Gasteiger partial charge is 0.238 e. The first kappa shape index (κ1) is 25.3. The number of hydrogen-bond acceptors (Lipinski definition) is 5. The molecule has 4 aromatic rings. The molecule has 202 valence electrons. The maximum absolute atomic E-state index is 14.8. The second-order valence-electron chi connectivity index (χ2n) is 10.5. The van der Waals surface area contributed by atoms with E-state index in [1.807, 2.05) is 65.7 Å².